The molecule has 2 aromatic heterocycles. The van der Waals surface area contributed by atoms with Crippen molar-refractivity contribution in [2.24, 2.45) is 0 Å². The molecule has 0 fully saturated rings. The molecule has 0 saturated carbocycles. The highest BCUT2D eigenvalue weighted by Gasteiger charge is 2.05. The van der Waals surface area contributed by atoms with Crippen molar-refractivity contribution in [3.8, 4) is 11.3 Å². The van der Waals surface area contributed by atoms with Crippen LogP contribution < -0.4 is 5.73 Å². The van der Waals surface area contributed by atoms with E-state index in [4.69, 9.17) is 17.3 Å². The molecule has 0 saturated heterocycles. The monoisotopic (exact) mass is 223 g/mol. The fourth-order valence-electron chi connectivity index (χ4n) is 1.19. The Labute approximate surface area is 90.7 Å². The van der Waals surface area contributed by atoms with Gasteiger partial charge in [-0.15, -0.1) is 0 Å². The lowest BCUT2D eigenvalue weighted by Crippen LogP contribution is -1.93. The van der Waals surface area contributed by atoms with Gasteiger partial charge >= 0.3 is 0 Å². The van der Waals surface area contributed by atoms with Crippen LogP contribution in [0.25, 0.3) is 11.3 Å². The molecule has 0 amide bonds. The van der Waals surface area contributed by atoms with E-state index in [0.29, 0.717) is 22.1 Å². The summed E-state index contributed by atoms with van der Waals surface area (Å²) in [5, 5.41) is 0.318. The van der Waals surface area contributed by atoms with Gasteiger partial charge in [-0.3, -0.25) is 4.98 Å². The smallest absolute Gasteiger partial charge is 0.141 e. The first-order valence-electron chi connectivity index (χ1n) is 4.20. The van der Waals surface area contributed by atoms with Crippen LogP contribution in [0.4, 0.5) is 10.1 Å². The number of pyridine rings is 2. The fraction of sp³-hybridized carbons (Fsp3) is 0. The molecule has 2 rings (SSSR count). The number of aromatic nitrogens is 2. The van der Waals surface area contributed by atoms with Gasteiger partial charge in [-0.25, -0.2) is 9.37 Å². The molecule has 76 valence electrons. The molecule has 0 aliphatic carbocycles. The molecule has 0 aliphatic rings. The lowest BCUT2D eigenvalue weighted by Gasteiger charge is -2.04. The van der Waals surface area contributed by atoms with Crippen LogP contribution in [0.3, 0.4) is 0 Å². The van der Waals surface area contributed by atoms with Crippen molar-refractivity contribution >= 4 is 17.3 Å². The van der Waals surface area contributed by atoms with Gasteiger partial charge in [0.2, 0.25) is 0 Å². The van der Waals surface area contributed by atoms with Crippen molar-refractivity contribution in [2.75, 3.05) is 5.73 Å². The summed E-state index contributed by atoms with van der Waals surface area (Å²) in [4.78, 5) is 7.79. The summed E-state index contributed by atoms with van der Waals surface area (Å²) in [6.45, 7) is 0. The Morgan fingerprint density at radius 3 is 2.60 bits per heavy atom. The van der Waals surface area contributed by atoms with Crippen LogP contribution in [-0.4, -0.2) is 9.97 Å². The van der Waals surface area contributed by atoms with E-state index in [9.17, 15) is 4.39 Å². The summed E-state index contributed by atoms with van der Waals surface area (Å²) in [6, 6.07) is 4.38. The van der Waals surface area contributed by atoms with Crippen LogP contribution in [0.2, 0.25) is 5.15 Å². The van der Waals surface area contributed by atoms with Crippen molar-refractivity contribution < 1.29 is 4.39 Å². The molecule has 0 radical (unpaired) electrons. The summed E-state index contributed by atoms with van der Waals surface area (Å²) >= 11 is 5.66. The summed E-state index contributed by atoms with van der Waals surface area (Å²) in [5.74, 6) is -0.390. The number of hydrogen-bond acceptors (Lipinski definition) is 3. The van der Waals surface area contributed by atoms with Crippen molar-refractivity contribution in [1.82, 2.24) is 9.97 Å². The first kappa shape index (κ1) is 9.86. The third kappa shape index (κ3) is 2.05. The number of hydrogen-bond donors (Lipinski definition) is 1. The minimum atomic E-state index is -0.390. The first-order valence-corrected chi connectivity index (χ1v) is 4.57. The lowest BCUT2D eigenvalue weighted by atomic mass is 10.1. The van der Waals surface area contributed by atoms with E-state index in [-0.39, 0.29) is 5.82 Å². The third-order valence-electron chi connectivity index (χ3n) is 1.91. The quantitative estimate of drug-likeness (QED) is 0.756. The maximum atomic E-state index is 12.6. The zero-order valence-electron chi connectivity index (χ0n) is 7.61. The second kappa shape index (κ2) is 3.82. The van der Waals surface area contributed by atoms with Crippen LogP contribution in [0.5, 0.6) is 0 Å². The molecule has 0 spiro atoms. The largest absolute Gasteiger partial charge is 0.398 e. The minimum absolute atomic E-state index is 0.318. The fourth-order valence-corrected chi connectivity index (χ4v) is 1.36. The van der Waals surface area contributed by atoms with Gasteiger partial charge in [0.25, 0.3) is 0 Å². The van der Waals surface area contributed by atoms with E-state index in [0.717, 1.165) is 6.20 Å². The molecule has 0 aliphatic heterocycles. The van der Waals surface area contributed by atoms with E-state index in [1.807, 2.05) is 0 Å². The summed E-state index contributed by atoms with van der Waals surface area (Å²) in [7, 11) is 0. The predicted molar refractivity (Wildman–Crippen MR) is 56.8 cm³/mol. The standard InChI is InChI=1S/C10H7ClFN3/c11-10-3-8(13)7(5-15-10)9-2-1-6(12)4-14-9/h1-5H,(H2,13,15). The zero-order valence-corrected chi connectivity index (χ0v) is 8.37. The number of anilines is 1. The van der Waals surface area contributed by atoms with Gasteiger partial charge in [-0.2, -0.15) is 0 Å². The molecule has 2 heterocycles. The Bertz CT molecular complexity index is 485. The Morgan fingerprint density at radius 2 is 2.00 bits per heavy atom. The van der Waals surface area contributed by atoms with E-state index in [1.54, 1.807) is 0 Å². The number of nitrogen functional groups attached to an aromatic ring is 1. The van der Waals surface area contributed by atoms with Gasteiger partial charge in [0, 0.05) is 17.4 Å². The Hall–Kier alpha value is -1.68. The van der Waals surface area contributed by atoms with Gasteiger partial charge in [-0.05, 0) is 18.2 Å². The van der Waals surface area contributed by atoms with E-state index in [1.165, 1.54) is 24.4 Å². The van der Waals surface area contributed by atoms with E-state index < -0.39 is 0 Å². The van der Waals surface area contributed by atoms with Gasteiger partial charge in [0.05, 0.1) is 11.9 Å². The van der Waals surface area contributed by atoms with Gasteiger partial charge in [-0.1, -0.05) is 11.6 Å². The van der Waals surface area contributed by atoms with Crippen LogP contribution in [0.15, 0.2) is 30.6 Å². The minimum Gasteiger partial charge on any atom is -0.398 e. The van der Waals surface area contributed by atoms with Crippen molar-refractivity contribution in [3.63, 3.8) is 0 Å². The van der Waals surface area contributed by atoms with Crippen LogP contribution in [0.1, 0.15) is 0 Å². The Balaban J connectivity index is 2.49. The molecule has 0 bridgehead atoms. The molecular formula is C10H7ClFN3. The molecule has 15 heavy (non-hydrogen) atoms. The highest BCUT2D eigenvalue weighted by atomic mass is 35.5. The molecule has 2 N–H and O–H groups in total. The Kier molecular flexibility index (Phi) is 2.51. The second-order valence-corrected chi connectivity index (χ2v) is 3.34. The van der Waals surface area contributed by atoms with Gasteiger partial charge in [0.1, 0.15) is 11.0 Å². The average molecular weight is 224 g/mol. The van der Waals surface area contributed by atoms with Gasteiger partial charge < -0.3 is 5.73 Å². The van der Waals surface area contributed by atoms with Crippen molar-refractivity contribution in [3.05, 3.63) is 41.6 Å². The number of nitrogens with zero attached hydrogens (tertiary/aromatic N) is 2. The lowest BCUT2D eigenvalue weighted by molar-refractivity contribution is 0.622. The SMILES string of the molecule is Nc1cc(Cl)ncc1-c1ccc(F)cn1. The number of rotatable bonds is 1. The molecular weight excluding hydrogens is 217 g/mol. The maximum Gasteiger partial charge on any atom is 0.141 e. The Morgan fingerprint density at radius 1 is 1.20 bits per heavy atom. The first-order chi connectivity index (χ1) is 7.16. The topological polar surface area (TPSA) is 51.8 Å². The highest BCUT2D eigenvalue weighted by Crippen LogP contribution is 2.24. The number of nitrogens with two attached hydrogens (primary N) is 1. The zero-order chi connectivity index (χ0) is 10.8. The second-order valence-electron chi connectivity index (χ2n) is 2.96. The normalized spacial score (nSPS) is 10.3. The predicted octanol–water partition coefficient (Wildman–Crippen LogP) is 2.52. The average Bonchev–Trinajstić information content (AvgIpc) is 2.20. The third-order valence-corrected chi connectivity index (χ3v) is 2.11. The van der Waals surface area contributed by atoms with Crippen molar-refractivity contribution in [1.29, 1.82) is 0 Å². The summed E-state index contributed by atoms with van der Waals surface area (Å²) in [5.41, 5.74) is 7.41. The molecule has 5 heteroatoms. The van der Waals surface area contributed by atoms with Crippen LogP contribution >= 0.6 is 11.6 Å². The number of halogens is 2. The highest BCUT2D eigenvalue weighted by molar-refractivity contribution is 6.29. The van der Waals surface area contributed by atoms with Crippen LogP contribution in [-0.2, 0) is 0 Å². The maximum absolute atomic E-state index is 12.6. The summed E-state index contributed by atoms with van der Waals surface area (Å²) in [6.07, 6.45) is 2.64. The summed E-state index contributed by atoms with van der Waals surface area (Å²) < 4.78 is 12.6. The molecule has 0 unspecified atom stereocenters. The van der Waals surface area contributed by atoms with E-state index in [2.05, 4.69) is 9.97 Å². The molecule has 3 nitrogen and oxygen atoms in total. The molecule has 2 aromatic rings. The van der Waals surface area contributed by atoms with Gasteiger partial charge in [0.15, 0.2) is 0 Å². The van der Waals surface area contributed by atoms with E-state index >= 15 is 0 Å². The van der Waals surface area contributed by atoms with Crippen molar-refractivity contribution in [2.45, 2.75) is 0 Å². The molecule has 0 atom stereocenters. The molecule has 0 aromatic carbocycles. The van der Waals surface area contributed by atoms with Crippen LogP contribution in [0, 0.1) is 5.82 Å².